The fraction of sp³-hybridized carbons (Fsp3) is 1.00. The molecule has 0 aromatic rings. The molecule has 0 aromatic heterocycles. The molecule has 1 saturated carbocycles. The Labute approximate surface area is 134 Å². The molecule has 0 spiro atoms. The van der Waals surface area contributed by atoms with E-state index in [4.69, 9.17) is 0 Å². The molecule has 1 aliphatic carbocycles. The van der Waals surface area contributed by atoms with E-state index >= 15 is 0 Å². The van der Waals surface area contributed by atoms with Gasteiger partial charge in [0.2, 0.25) is 0 Å². The lowest BCUT2D eigenvalue weighted by atomic mass is 10.1. The van der Waals surface area contributed by atoms with Crippen LogP contribution in [0, 0.1) is 5.92 Å². The van der Waals surface area contributed by atoms with E-state index < -0.39 is 0 Å². The Morgan fingerprint density at radius 3 is 2.10 bits per heavy atom. The first-order valence-electron chi connectivity index (χ1n) is 9.66. The van der Waals surface area contributed by atoms with Gasteiger partial charge in [0.25, 0.3) is 0 Å². The number of nitrogens with zero attached hydrogens (tertiary/aromatic N) is 2. The maximum Gasteiger partial charge on any atom is 0.0248 e. The van der Waals surface area contributed by atoms with Crippen molar-refractivity contribution in [1.82, 2.24) is 10.0 Å². The highest BCUT2D eigenvalue weighted by Gasteiger charge is 2.28. The summed E-state index contributed by atoms with van der Waals surface area (Å²) < 4.78 is 0. The molecule has 1 fully saturated rings. The van der Waals surface area contributed by atoms with Crippen molar-refractivity contribution < 1.29 is 0 Å². The third-order valence-electron chi connectivity index (χ3n) is 5.10. The maximum atomic E-state index is 2.72. The Balaban J connectivity index is 2.33. The van der Waals surface area contributed by atoms with E-state index in [0.29, 0.717) is 0 Å². The summed E-state index contributed by atoms with van der Waals surface area (Å²) in [5.41, 5.74) is 0. The van der Waals surface area contributed by atoms with Crippen molar-refractivity contribution in [3.05, 3.63) is 0 Å². The molecule has 0 aliphatic heterocycles. The normalized spacial score (nSPS) is 22.6. The van der Waals surface area contributed by atoms with Crippen LogP contribution in [0.1, 0.15) is 91.4 Å². The molecule has 2 nitrogen and oxygen atoms in total. The van der Waals surface area contributed by atoms with Gasteiger partial charge in [-0.15, -0.1) is 0 Å². The summed E-state index contributed by atoms with van der Waals surface area (Å²) in [5.74, 6) is 0.932. The minimum atomic E-state index is 0.817. The summed E-state index contributed by atoms with van der Waals surface area (Å²) >= 11 is 0. The minimum Gasteiger partial charge on any atom is -0.245 e. The van der Waals surface area contributed by atoms with Gasteiger partial charge in [-0.3, -0.25) is 0 Å². The van der Waals surface area contributed by atoms with Gasteiger partial charge in [0.05, 0.1) is 0 Å². The standard InChI is InChI=1S/C19H40N2/c1-5-7-9-10-11-12-16-21(20(4)15-8-6-2)19-14-13-18(3)17-19/h18-19H,5-17H2,1-4H3/t18-,19?/m0/s1. The first kappa shape index (κ1) is 19.0. The Hall–Kier alpha value is -0.0800. The Kier molecular flexibility index (Phi) is 10.4. The average Bonchev–Trinajstić information content (AvgIpc) is 2.90. The number of hydrazine groups is 1. The van der Waals surface area contributed by atoms with Crippen molar-refractivity contribution in [2.45, 2.75) is 97.4 Å². The zero-order valence-electron chi connectivity index (χ0n) is 15.2. The summed E-state index contributed by atoms with van der Waals surface area (Å²) in [6.07, 6.45) is 15.3. The van der Waals surface area contributed by atoms with Crippen molar-refractivity contribution >= 4 is 0 Å². The first-order chi connectivity index (χ1) is 10.2. The lowest BCUT2D eigenvalue weighted by molar-refractivity contribution is -0.0410. The van der Waals surface area contributed by atoms with Crippen LogP contribution in [0.25, 0.3) is 0 Å². The summed E-state index contributed by atoms with van der Waals surface area (Å²) in [6, 6.07) is 0.817. The second-order valence-corrected chi connectivity index (χ2v) is 7.24. The molecule has 0 N–H and O–H groups in total. The highest BCUT2D eigenvalue weighted by atomic mass is 15.6. The lowest BCUT2D eigenvalue weighted by Crippen LogP contribution is -2.46. The molecular formula is C19H40N2. The van der Waals surface area contributed by atoms with Gasteiger partial charge in [-0.1, -0.05) is 59.3 Å². The van der Waals surface area contributed by atoms with Gasteiger partial charge in [-0.2, -0.15) is 0 Å². The molecule has 2 heteroatoms. The van der Waals surface area contributed by atoms with Crippen LogP contribution in [0.3, 0.4) is 0 Å². The van der Waals surface area contributed by atoms with E-state index in [2.05, 4.69) is 37.8 Å². The van der Waals surface area contributed by atoms with Crippen molar-refractivity contribution in [2.24, 2.45) is 5.92 Å². The van der Waals surface area contributed by atoms with E-state index in [1.165, 1.54) is 83.7 Å². The van der Waals surface area contributed by atoms with Crippen molar-refractivity contribution in [3.63, 3.8) is 0 Å². The highest BCUT2D eigenvalue weighted by molar-refractivity contribution is 4.80. The SMILES string of the molecule is CCCCCCCCN(C1CC[C@H](C)C1)N(C)CCCC. The van der Waals surface area contributed by atoms with E-state index in [9.17, 15) is 0 Å². The Morgan fingerprint density at radius 1 is 0.810 bits per heavy atom. The average molecular weight is 297 g/mol. The summed E-state index contributed by atoms with van der Waals surface area (Å²) in [7, 11) is 2.32. The van der Waals surface area contributed by atoms with E-state index in [0.717, 1.165) is 12.0 Å². The highest BCUT2D eigenvalue weighted by Crippen LogP contribution is 2.29. The largest absolute Gasteiger partial charge is 0.245 e. The van der Waals surface area contributed by atoms with Crippen LogP contribution in [0.15, 0.2) is 0 Å². The van der Waals surface area contributed by atoms with E-state index in [1.807, 2.05) is 0 Å². The van der Waals surface area contributed by atoms with Gasteiger partial charge < -0.3 is 0 Å². The van der Waals surface area contributed by atoms with Crippen molar-refractivity contribution in [1.29, 1.82) is 0 Å². The van der Waals surface area contributed by atoms with Gasteiger partial charge in [-0.25, -0.2) is 10.0 Å². The molecule has 126 valence electrons. The summed E-state index contributed by atoms with van der Waals surface area (Å²) in [5, 5.41) is 5.26. The van der Waals surface area contributed by atoms with Crippen molar-refractivity contribution in [3.8, 4) is 0 Å². The van der Waals surface area contributed by atoms with E-state index in [1.54, 1.807) is 0 Å². The monoisotopic (exact) mass is 296 g/mol. The lowest BCUT2D eigenvalue weighted by Gasteiger charge is -2.37. The molecule has 1 rings (SSSR count). The molecule has 0 bridgehead atoms. The first-order valence-corrected chi connectivity index (χ1v) is 9.66. The van der Waals surface area contributed by atoms with Gasteiger partial charge in [0, 0.05) is 26.2 Å². The number of hydrogen-bond acceptors (Lipinski definition) is 2. The van der Waals surface area contributed by atoms with Gasteiger partial charge >= 0.3 is 0 Å². The third kappa shape index (κ3) is 7.65. The molecule has 0 heterocycles. The van der Waals surface area contributed by atoms with Gasteiger partial charge in [0.1, 0.15) is 0 Å². The smallest absolute Gasteiger partial charge is 0.0248 e. The Morgan fingerprint density at radius 2 is 1.48 bits per heavy atom. The number of hydrogen-bond donors (Lipinski definition) is 0. The molecule has 0 aromatic carbocycles. The van der Waals surface area contributed by atoms with Crippen LogP contribution in [0.4, 0.5) is 0 Å². The molecule has 1 aliphatic rings. The van der Waals surface area contributed by atoms with Crippen LogP contribution < -0.4 is 0 Å². The third-order valence-corrected chi connectivity index (χ3v) is 5.10. The zero-order valence-corrected chi connectivity index (χ0v) is 15.2. The van der Waals surface area contributed by atoms with Crippen LogP contribution in [0.2, 0.25) is 0 Å². The molecule has 1 unspecified atom stereocenters. The van der Waals surface area contributed by atoms with Gasteiger partial charge in [0.15, 0.2) is 0 Å². The second kappa shape index (κ2) is 11.5. The maximum absolute atomic E-state index is 2.72. The quantitative estimate of drug-likeness (QED) is 0.347. The van der Waals surface area contributed by atoms with Crippen LogP contribution >= 0.6 is 0 Å². The minimum absolute atomic E-state index is 0.817. The topological polar surface area (TPSA) is 6.48 Å². The molecular weight excluding hydrogens is 256 g/mol. The molecule has 21 heavy (non-hydrogen) atoms. The summed E-state index contributed by atoms with van der Waals surface area (Å²) in [4.78, 5) is 0. The fourth-order valence-electron chi connectivity index (χ4n) is 3.65. The zero-order chi connectivity index (χ0) is 15.5. The second-order valence-electron chi connectivity index (χ2n) is 7.24. The van der Waals surface area contributed by atoms with E-state index in [-0.39, 0.29) is 0 Å². The van der Waals surface area contributed by atoms with Crippen LogP contribution in [-0.4, -0.2) is 36.2 Å². The predicted molar refractivity (Wildman–Crippen MR) is 94.4 cm³/mol. The van der Waals surface area contributed by atoms with Crippen molar-refractivity contribution in [2.75, 3.05) is 20.1 Å². The van der Waals surface area contributed by atoms with Crippen LogP contribution in [-0.2, 0) is 0 Å². The number of rotatable bonds is 12. The fourth-order valence-corrected chi connectivity index (χ4v) is 3.65. The summed E-state index contributed by atoms with van der Waals surface area (Å²) in [6.45, 7) is 9.53. The Bertz CT molecular complexity index is 242. The molecule has 2 atom stereocenters. The van der Waals surface area contributed by atoms with Crippen LogP contribution in [0.5, 0.6) is 0 Å². The molecule has 0 saturated heterocycles. The predicted octanol–water partition coefficient (Wildman–Crippen LogP) is 5.48. The molecule has 0 amide bonds. The van der Waals surface area contributed by atoms with Gasteiger partial charge in [-0.05, 0) is 38.0 Å². The molecule has 0 radical (unpaired) electrons. The number of unbranched alkanes of at least 4 members (excludes halogenated alkanes) is 6.